The Balaban J connectivity index is 1.54. The summed E-state index contributed by atoms with van der Waals surface area (Å²) in [5, 5.41) is 0.686. The maximum atomic E-state index is 12.6. The predicted octanol–water partition coefficient (Wildman–Crippen LogP) is 7.85. The number of nitrogens with zero attached hydrogens (tertiary/aromatic N) is 1. The molecule has 0 aliphatic carbocycles. The minimum atomic E-state index is -4.35. The molecular formula is C23H20ClF3INO2. The van der Waals surface area contributed by atoms with Crippen LogP contribution in [-0.2, 0) is 19.2 Å². The van der Waals surface area contributed by atoms with Crippen LogP contribution < -0.4 is 4.74 Å². The van der Waals surface area contributed by atoms with Crippen LogP contribution in [-0.4, -0.2) is 9.41 Å². The first kappa shape index (κ1) is 23.7. The van der Waals surface area contributed by atoms with Crippen LogP contribution in [0.5, 0.6) is 5.75 Å². The summed E-state index contributed by atoms with van der Waals surface area (Å²) in [6.45, 7) is 0.210. The van der Waals surface area contributed by atoms with Gasteiger partial charge in [-0.2, -0.15) is 13.2 Å². The highest BCUT2D eigenvalue weighted by molar-refractivity contribution is 14.1. The van der Waals surface area contributed by atoms with Crippen molar-refractivity contribution >= 4 is 46.3 Å². The summed E-state index contributed by atoms with van der Waals surface area (Å²) >= 11 is 8.71. The molecule has 1 aromatic heterocycles. The van der Waals surface area contributed by atoms with Gasteiger partial charge in [0.25, 0.3) is 0 Å². The number of halogens is 5. The Morgan fingerprint density at radius 1 is 1.06 bits per heavy atom. The molecule has 0 saturated carbocycles. The van der Waals surface area contributed by atoms with E-state index in [1.807, 2.05) is 12.1 Å². The SMILES string of the molecule is FC(F)(F)c1ccc(/C=C/c2nc(COc3ccc(CCCCI)c(Cl)c3)co2)cc1. The summed E-state index contributed by atoms with van der Waals surface area (Å²) < 4.78 is 50.1. The lowest BCUT2D eigenvalue weighted by Crippen LogP contribution is -2.03. The fourth-order valence-electron chi connectivity index (χ4n) is 2.80. The first-order valence-electron chi connectivity index (χ1n) is 9.62. The molecule has 3 aromatic rings. The van der Waals surface area contributed by atoms with E-state index in [0.29, 0.717) is 27.9 Å². The van der Waals surface area contributed by atoms with E-state index in [2.05, 4.69) is 27.6 Å². The standard InChI is InChI=1S/C23H20ClF3INO2/c24-21-13-20(10-7-17(21)3-1-2-12-28)30-14-19-15-31-22(29-19)11-6-16-4-8-18(9-5-16)23(25,26)27/h4-11,13,15H,1-3,12,14H2/b11-6+. The Morgan fingerprint density at radius 3 is 2.52 bits per heavy atom. The Hall–Kier alpha value is -2.00. The zero-order valence-corrected chi connectivity index (χ0v) is 19.4. The zero-order valence-electron chi connectivity index (χ0n) is 16.5. The topological polar surface area (TPSA) is 35.3 Å². The zero-order chi connectivity index (χ0) is 22.3. The number of alkyl halides is 4. The van der Waals surface area contributed by atoms with Crippen molar-refractivity contribution in [3.8, 4) is 5.75 Å². The molecule has 8 heteroatoms. The van der Waals surface area contributed by atoms with Crippen LogP contribution in [0.1, 0.15) is 41.1 Å². The second-order valence-corrected chi connectivity index (χ2v) is 8.30. The highest BCUT2D eigenvalue weighted by atomic mass is 127. The van der Waals surface area contributed by atoms with Crippen LogP contribution in [0.4, 0.5) is 13.2 Å². The molecule has 0 fully saturated rings. The van der Waals surface area contributed by atoms with E-state index in [0.717, 1.165) is 41.4 Å². The van der Waals surface area contributed by atoms with E-state index < -0.39 is 11.7 Å². The van der Waals surface area contributed by atoms with Gasteiger partial charge in [-0.1, -0.05) is 52.4 Å². The second-order valence-electron chi connectivity index (χ2n) is 6.82. The molecule has 0 unspecified atom stereocenters. The molecule has 0 spiro atoms. The van der Waals surface area contributed by atoms with Crippen molar-refractivity contribution < 1.29 is 22.3 Å². The van der Waals surface area contributed by atoms with Gasteiger partial charge >= 0.3 is 6.18 Å². The monoisotopic (exact) mass is 561 g/mol. The molecule has 2 aromatic carbocycles. The summed E-state index contributed by atoms with van der Waals surface area (Å²) in [5.41, 5.74) is 1.62. The molecular weight excluding hydrogens is 542 g/mol. The normalized spacial score (nSPS) is 11.9. The number of hydrogen-bond acceptors (Lipinski definition) is 3. The van der Waals surface area contributed by atoms with Gasteiger partial charge in [0.1, 0.15) is 24.3 Å². The lowest BCUT2D eigenvalue weighted by atomic mass is 10.1. The Labute approximate surface area is 197 Å². The van der Waals surface area contributed by atoms with E-state index in [9.17, 15) is 13.2 Å². The fraction of sp³-hybridized carbons (Fsp3) is 0.261. The largest absolute Gasteiger partial charge is 0.487 e. The maximum absolute atomic E-state index is 12.6. The van der Waals surface area contributed by atoms with Gasteiger partial charge in [-0.3, -0.25) is 0 Å². The van der Waals surface area contributed by atoms with Crippen molar-refractivity contribution in [1.29, 1.82) is 0 Å². The van der Waals surface area contributed by atoms with Crippen LogP contribution in [0.3, 0.4) is 0 Å². The third-order valence-electron chi connectivity index (χ3n) is 4.47. The highest BCUT2D eigenvalue weighted by Crippen LogP contribution is 2.29. The Morgan fingerprint density at radius 2 is 1.84 bits per heavy atom. The van der Waals surface area contributed by atoms with Gasteiger partial charge in [0.15, 0.2) is 0 Å². The molecule has 164 valence electrons. The number of ether oxygens (including phenoxy) is 1. The summed E-state index contributed by atoms with van der Waals surface area (Å²) in [4.78, 5) is 4.29. The minimum absolute atomic E-state index is 0.210. The maximum Gasteiger partial charge on any atom is 0.416 e. The number of unbranched alkanes of at least 4 members (excludes halogenated alkanes) is 1. The minimum Gasteiger partial charge on any atom is -0.487 e. The van der Waals surface area contributed by atoms with Gasteiger partial charge in [-0.25, -0.2) is 4.98 Å². The average molecular weight is 562 g/mol. The van der Waals surface area contributed by atoms with E-state index in [-0.39, 0.29) is 6.61 Å². The molecule has 0 radical (unpaired) electrons. The second kappa shape index (κ2) is 11.0. The molecule has 0 N–H and O–H groups in total. The molecule has 0 saturated heterocycles. The molecule has 3 rings (SSSR count). The van der Waals surface area contributed by atoms with Gasteiger partial charge in [0.2, 0.25) is 5.89 Å². The van der Waals surface area contributed by atoms with Gasteiger partial charge in [0.05, 0.1) is 5.56 Å². The Bertz CT molecular complexity index is 1020. The third kappa shape index (κ3) is 7.28. The highest BCUT2D eigenvalue weighted by Gasteiger charge is 2.29. The summed E-state index contributed by atoms with van der Waals surface area (Å²) in [7, 11) is 0. The summed E-state index contributed by atoms with van der Waals surface area (Å²) in [6, 6.07) is 10.5. The van der Waals surface area contributed by atoms with Crippen molar-refractivity contribution in [3.05, 3.63) is 82.0 Å². The smallest absolute Gasteiger partial charge is 0.416 e. The number of aryl methyl sites for hydroxylation is 1. The number of aromatic nitrogens is 1. The molecule has 0 amide bonds. The first-order chi connectivity index (χ1) is 14.8. The molecule has 0 bridgehead atoms. The average Bonchev–Trinajstić information content (AvgIpc) is 3.20. The quantitative estimate of drug-likeness (QED) is 0.152. The molecule has 0 atom stereocenters. The lowest BCUT2D eigenvalue weighted by Gasteiger charge is -2.08. The third-order valence-corrected chi connectivity index (χ3v) is 5.58. The van der Waals surface area contributed by atoms with Crippen molar-refractivity contribution in [2.45, 2.75) is 32.0 Å². The van der Waals surface area contributed by atoms with E-state index in [1.165, 1.54) is 18.4 Å². The summed E-state index contributed by atoms with van der Waals surface area (Å²) in [5.74, 6) is 0.981. The number of hydrogen-bond donors (Lipinski definition) is 0. The van der Waals surface area contributed by atoms with Gasteiger partial charge in [-0.05, 0) is 65.2 Å². The van der Waals surface area contributed by atoms with Gasteiger partial charge in [-0.15, -0.1) is 0 Å². The van der Waals surface area contributed by atoms with Gasteiger partial charge < -0.3 is 9.15 Å². The molecule has 0 aliphatic rings. The number of oxazole rings is 1. The van der Waals surface area contributed by atoms with Crippen molar-refractivity contribution in [2.24, 2.45) is 0 Å². The first-order valence-corrected chi connectivity index (χ1v) is 11.5. The molecule has 31 heavy (non-hydrogen) atoms. The Kier molecular flexibility index (Phi) is 8.43. The van der Waals surface area contributed by atoms with E-state index >= 15 is 0 Å². The fourth-order valence-corrected chi connectivity index (χ4v) is 3.61. The van der Waals surface area contributed by atoms with Crippen molar-refractivity contribution in [2.75, 3.05) is 4.43 Å². The molecule has 1 heterocycles. The number of rotatable bonds is 9. The predicted molar refractivity (Wildman–Crippen MR) is 124 cm³/mol. The van der Waals surface area contributed by atoms with Gasteiger partial charge in [0, 0.05) is 11.1 Å². The summed E-state index contributed by atoms with van der Waals surface area (Å²) in [6.07, 6.45) is 3.56. The van der Waals surface area contributed by atoms with Crippen LogP contribution in [0.2, 0.25) is 5.02 Å². The number of benzene rings is 2. The molecule has 0 aliphatic heterocycles. The van der Waals surface area contributed by atoms with Crippen LogP contribution >= 0.6 is 34.2 Å². The van der Waals surface area contributed by atoms with E-state index in [1.54, 1.807) is 18.2 Å². The van der Waals surface area contributed by atoms with Crippen LogP contribution in [0.25, 0.3) is 12.2 Å². The van der Waals surface area contributed by atoms with Crippen LogP contribution in [0.15, 0.2) is 53.1 Å². The van der Waals surface area contributed by atoms with Crippen molar-refractivity contribution in [3.63, 3.8) is 0 Å². The molecule has 3 nitrogen and oxygen atoms in total. The van der Waals surface area contributed by atoms with Crippen LogP contribution in [0, 0.1) is 0 Å². The van der Waals surface area contributed by atoms with E-state index in [4.69, 9.17) is 20.8 Å². The lowest BCUT2D eigenvalue weighted by molar-refractivity contribution is -0.137. The van der Waals surface area contributed by atoms with Crippen molar-refractivity contribution in [1.82, 2.24) is 4.98 Å².